The van der Waals surface area contributed by atoms with Gasteiger partial charge in [-0.15, -0.1) is 24.8 Å². The molecule has 2 N–H and O–H groups in total. The van der Waals surface area contributed by atoms with Gasteiger partial charge in [0, 0.05) is 23.8 Å². The van der Waals surface area contributed by atoms with Crippen LogP contribution in [0.2, 0.25) is 0 Å². The average Bonchev–Trinajstić information content (AvgIpc) is 3.13. The first kappa shape index (κ1) is 22.2. The van der Waals surface area contributed by atoms with Crippen LogP contribution in [-0.2, 0) is 6.61 Å². The molecule has 1 saturated heterocycles. The topological polar surface area (TPSA) is 63.2 Å². The smallest absolute Gasteiger partial charge is 0.251 e. The van der Waals surface area contributed by atoms with Crippen LogP contribution in [0, 0.1) is 6.92 Å². The molecule has 0 radical (unpaired) electrons. The zero-order valence-electron chi connectivity index (χ0n) is 14.7. The fraction of sp³-hybridized carbons (Fsp3) is 0.368. The number of carbonyl (C=O) groups excluding carboxylic acids is 1. The molecule has 0 saturated carbocycles. The third kappa shape index (κ3) is 6.48. The molecule has 0 bridgehead atoms. The third-order valence-corrected chi connectivity index (χ3v) is 4.15. The van der Waals surface area contributed by atoms with Crippen LogP contribution in [0.25, 0.3) is 0 Å². The van der Waals surface area contributed by atoms with Crippen LogP contribution in [-0.4, -0.2) is 30.0 Å². The van der Waals surface area contributed by atoms with Gasteiger partial charge in [-0.3, -0.25) is 9.78 Å². The maximum Gasteiger partial charge on any atom is 0.251 e. The highest BCUT2D eigenvalue weighted by molar-refractivity contribution is 5.94. The van der Waals surface area contributed by atoms with Crippen LogP contribution in [0.1, 0.15) is 34.5 Å². The van der Waals surface area contributed by atoms with Gasteiger partial charge in [0.2, 0.25) is 0 Å². The van der Waals surface area contributed by atoms with E-state index >= 15 is 0 Å². The van der Waals surface area contributed by atoms with E-state index < -0.39 is 0 Å². The molecular formula is C19H25Cl2N3O2. The predicted octanol–water partition coefficient (Wildman–Crippen LogP) is 3.29. The molecule has 26 heavy (non-hydrogen) atoms. The number of aromatic nitrogens is 1. The van der Waals surface area contributed by atoms with Crippen LogP contribution in [0.5, 0.6) is 5.75 Å². The zero-order valence-corrected chi connectivity index (χ0v) is 16.4. The average molecular weight is 398 g/mol. The van der Waals surface area contributed by atoms with E-state index in [4.69, 9.17) is 4.74 Å². The summed E-state index contributed by atoms with van der Waals surface area (Å²) in [4.78, 5) is 16.5. The van der Waals surface area contributed by atoms with E-state index in [1.54, 1.807) is 6.20 Å². The van der Waals surface area contributed by atoms with Crippen molar-refractivity contribution in [2.24, 2.45) is 0 Å². The second kappa shape index (κ2) is 11.0. The van der Waals surface area contributed by atoms with Gasteiger partial charge in [-0.05, 0) is 56.1 Å². The van der Waals surface area contributed by atoms with Crippen LogP contribution < -0.4 is 15.4 Å². The van der Waals surface area contributed by atoms with Crippen LogP contribution in [0.3, 0.4) is 0 Å². The number of halogens is 2. The van der Waals surface area contributed by atoms with Gasteiger partial charge >= 0.3 is 0 Å². The van der Waals surface area contributed by atoms with Crippen molar-refractivity contribution >= 4 is 30.7 Å². The first-order valence-corrected chi connectivity index (χ1v) is 8.37. The summed E-state index contributed by atoms with van der Waals surface area (Å²) in [5.74, 6) is 0.685. The van der Waals surface area contributed by atoms with Gasteiger partial charge in [0.15, 0.2) is 0 Å². The van der Waals surface area contributed by atoms with Crippen molar-refractivity contribution in [1.29, 1.82) is 0 Å². The maximum atomic E-state index is 12.3. The Morgan fingerprint density at radius 1 is 1.31 bits per heavy atom. The largest absolute Gasteiger partial charge is 0.487 e. The molecule has 3 rings (SSSR count). The highest BCUT2D eigenvalue weighted by Crippen LogP contribution is 2.13. The molecule has 1 fully saturated rings. The van der Waals surface area contributed by atoms with Gasteiger partial charge in [-0.2, -0.15) is 0 Å². The summed E-state index contributed by atoms with van der Waals surface area (Å²) in [7, 11) is 0. The van der Waals surface area contributed by atoms with E-state index in [0.29, 0.717) is 24.8 Å². The molecule has 142 valence electrons. The molecule has 1 aromatic heterocycles. The van der Waals surface area contributed by atoms with E-state index in [9.17, 15) is 4.79 Å². The van der Waals surface area contributed by atoms with E-state index in [2.05, 4.69) is 15.6 Å². The van der Waals surface area contributed by atoms with Crippen molar-refractivity contribution < 1.29 is 9.53 Å². The Morgan fingerprint density at radius 2 is 2.15 bits per heavy atom. The molecule has 5 nitrogen and oxygen atoms in total. The molecule has 1 amide bonds. The summed E-state index contributed by atoms with van der Waals surface area (Å²) < 4.78 is 5.72. The van der Waals surface area contributed by atoms with E-state index in [0.717, 1.165) is 30.0 Å². The first-order valence-electron chi connectivity index (χ1n) is 8.37. The highest BCUT2D eigenvalue weighted by Gasteiger charge is 2.15. The molecule has 2 heterocycles. The number of hydrogen-bond donors (Lipinski definition) is 2. The Kier molecular flexibility index (Phi) is 9.41. The Bertz CT molecular complexity index is 689. The molecule has 1 aliphatic heterocycles. The van der Waals surface area contributed by atoms with Crippen LogP contribution in [0.4, 0.5) is 0 Å². The second-order valence-electron chi connectivity index (χ2n) is 6.13. The number of pyridine rings is 1. The highest BCUT2D eigenvalue weighted by atomic mass is 35.5. The SMILES string of the molecule is Cc1ccc(OCc2cccc(C(=O)NCC3CCCN3)c2)cn1.Cl.Cl. The van der Waals surface area contributed by atoms with Crippen molar-refractivity contribution in [3.63, 3.8) is 0 Å². The minimum atomic E-state index is -0.0393. The Hall–Kier alpha value is -1.82. The van der Waals surface area contributed by atoms with E-state index in [-0.39, 0.29) is 30.7 Å². The Labute approximate surface area is 166 Å². The quantitative estimate of drug-likeness (QED) is 0.784. The molecule has 1 unspecified atom stereocenters. The lowest BCUT2D eigenvalue weighted by molar-refractivity contribution is 0.0950. The Morgan fingerprint density at radius 3 is 2.85 bits per heavy atom. The fourth-order valence-electron chi connectivity index (χ4n) is 2.76. The lowest BCUT2D eigenvalue weighted by Crippen LogP contribution is -2.37. The predicted molar refractivity (Wildman–Crippen MR) is 108 cm³/mol. The maximum absolute atomic E-state index is 12.3. The molecule has 2 aromatic rings. The Balaban J connectivity index is 0.00000169. The van der Waals surface area contributed by atoms with Crippen LogP contribution in [0.15, 0.2) is 42.6 Å². The van der Waals surface area contributed by atoms with Gasteiger partial charge in [0.25, 0.3) is 5.91 Å². The number of aryl methyl sites for hydroxylation is 1. The van der Waals surface area contributed by atoms with Gasteiger partial charge < -0.3 is 15.4 Å². The molecule has 0 aliphatic carbocycles. The third-order valence-electron chi connectivity index (χ3n) is 4.15. The zero-order chi connectivity index (χ0) is 16.8. The van der Waals surface area contributed by atoms with E-state index in [1.807, 2.05) is 43.3 Å². The lowest BCUT2D eigenvalue weighted by atomic mass is 10.1. The molecule has 0 spiro atoms. The van der Waals surface area contributed by atoms with Crippen molar-refractivity contribution in [1.82, 2.24) is 15.6 Å². The molecular weight excluding hydrogens is 373 g/mol. The number of amides is 1. The number of benzene rings is 1. The number of rotatable bonds is 6. The van der Waals surface area contributed by atoms with Crippen molar-refractivity contribution in [2.75, 3.05) is 13.1 Å². The number of nitrogens with zero attached hydrogens (tertiary/aromatic N) is 1. The summed E-state index contributed by atoms with van der Waals surface area (Å²) in [5.41, 5.74) is 2.58. The van der Waals surface area contributed by atoms with Gasteiger partial charge in [0.05, 0.1) is 6.20 Å². The normalized spacial score (nSPS) is 15.5. The number of ether oxygens (including phenoxy) is 1. The number of hydrogen-bond acceptors (Lipinski definition) is 4. The van der Waals surface area contributed by atoms with Gasteiger partial charge in [-0.1, -0.05) is 12.1 Å². The van der Waals surface area contributed by atoms with Crippen molar-refractivity contribution in [3.8, 4) is 5.75 Å². The molecule has 1 atom stereocenters. The summed E-state index contributed by atoms with van der Waals surface area (Å²) in [6.07, 6.45) is 4.01. The minimum absolute atomic E-state index is 0. The number of nitrogens with one attached hydrogen (secondary N) is 2. The molecule has 1 aromatic carbocycles. The summed E-state index contributed by atoms with van der Waals surface area (Å²) in [5, 5.41) is 6.37. The first-order chi connectivity index (χ1) is 11.7. The summed E-state index contributed by atoms with van der Waals surface area (Å²) in [6.45, 7) is 4.07. The lowest BCUT2D eigenvalue weighted by Gasteiger charge is -2.12. The van der Waals surface area contributed by atoms with E-state index in [1.165, 1.54) is 6.42 Å². The van der Waals surface area contributed by atoms with Gasteiger partial charge in [0.1, 0.15) is 12.4 Å². The molecule has 7 heteroatoms. The molecule has 1 aliphatic rings. The minimum Gasteiger partial charge on any atom is -0.487 e. The van der Waals surface area contributed by atoms with Crippen molar-refractivity contribution in [2.45, 2.75) is 32.4 Å². The standard InChI is InChI=1S/C19H23N3O2.2ClH/c1-14-7-8-18(12-21-14)24-13-15-4-2-5-16(10-15)19(23)22-11-17-6-3-9-20-17;;/h2,4-5,7-8,10,12,17,20H,3,6,9,11,13H2,1H3,(H,22,23);2*1H. The monoisotopic (exact) mass is 397 g/mol. The van der Waals surface area contributed by atoms with Gasteiger partial charge in [-0.25, -0.2) is 0 Å². The summed E-state index contributed by atoms with van der Waals surface area (Å²) in [6, 6.07) is 11.7. The van der Waals surface area contributed by atoms with Crippen LogP contribution >= 0.6 is 24.8 Å². The number of carbonyl (C=O) groups is 1. The van der Waals surface area contributed by atoms with Crippen molar-refractivity contribution in [3.05, 3.63) is 59.4 Å². The summed E-state index contributed by atoms with van der Waals surface area (Å²) >= 11 is 0. The second-order valence-corrected chi connectivity index (χ2v) is 6.13. The fourth-order valence-corrected chi connectivity index (χ4v) is 2.76.